The zero-order valence-corrected chi connectivity index (χ0v) is 11.4. The second-order valence-corrected chi connectivity index (χ2v) is 4.86. The van der Waals surface area contributed by atoms with Crippen LogP contribution in [0, 0.1) is 0 Å². The van der Waals surface area contributed by atoms with E-state index < -0.39 is 0 Å². The molecule has 2 N–H and O–H groups in total. The molecule has 2 aromatic heterocycles. The lowest BCUT2D eigenvalue weighted by atomic mass is 10.3. The van der Waals surface area contributed by atoms with E-state index in [4.69, 9.17) is 0 Å². The maximum Gasteiger partial charge on any atom is 0.226 e. The van der Waals surface area contributed by atoms with Crippen molar-refractivity contribution in [3.05, 3.63) is 24.4 Å². The SMILES string of the molecule is CNCCCC(=O)Nc1nnc(-c2ccccn2)s1. The predicted molar refractivity (Wildman–Crippen MR) is 74.9 cm³/mol. The van der Waals surface area contributed by atoms with Gasteiger partial charge in [0.15, 0.2) is 5.01 Å². The summed E-state index contributed by atoms with van der Waals surface area (Å²) < 4.78 is 0. The molecule has 0 aliphatic rings. The van der Waals surface area contributed by atoms with Crippen molar-refractivity contribution in [2.45, 2.75) is 12.8 Å². The summed E-state index contributed by atoms with van der Waals surface area (Å²) >= 11 is 1.32. The lowest BCUT2D eigenvalue weighted by Crippen LogP contribution is -2.15. The molecular formula is C12H15N5OS. The van der Waals surface area contributed by atoms with Crippen molar-refractivity contribution in [2.24, 2.45) is 0 Å². The summed E-state index contributed by atoms with van der Waals surface area (Å²) in [6.07, 6.45) is 2.97. The first-order valence-corrected chi connectivity index (χ1v) is 6.80. The standard InChI is InChI=1S/C12H15N5OS/c1-13-7-4-6-10(18)15-12-17-16-11(19-12)9-5-2-3-8-14-9/h2-3,5,8,13H,4,6-7H2,1H3,(H,15,17,18). The second-order valence-electron chi connectivity index (χ2n) is 3.88. The lowest BCUT2D eigenvalue weighted by molar-refractivity contribution is -0.116. The zero-order valence-electron chi connectivity index (χ0n) is 10.6. The molecular weight excluding hydrogens is 262 g/mol. The minimum atomic E-state index is -0.0426. The van der Waals surface area contributed by atoms with Crippen molar-refractivity contribution in [3.8, 4) is 10.7 Å². The third-order valence-electron chi connectivity index (χ3n) is 2.39. The maximum atomic E-state index is 11.6. The molecule has 0 aliphatic heterocycles. The summed E-state index contributed by atoms with van der Waals surface area (Å²) in [5.41, 5.74) is 0.760. The largest absolute Gasteiger partial charge is 0.320 e. The smallest absolute Gasteiger partial charge is 0.226 e. The fourth-order valence-electron chi connectivity index (χ4n) is 1.47. The number of hydrogen-bond donors (Lipinski definition) is 2. The van der Waals surface area contributed by atoms with E-state index in [0.717, 1.165) is 18.7 Å². The van der Waals surface area contributed by atoms with Crippen LogP contribution in [0.5, 0.6) is 0 Å². The summed E-state index contributed by atoms with van der Waals surface area (Å²) in [4.78, 5) is 15.8. The first-order valence-electron chi connectivity index (χ1n) is 5.99. The average Bonchev–Trinajstić information content (AvgIpc) is 2.88. The quantitative estimate of drug-likeness (QED) is 0.783. The van der Waals surface area contributed by atoms with Gasteiger partial charge in [-0.1, -0.05) is 17.4 Å². The van der Waals surface area contributed by atoms with Crippen LogP contribution >= 0.6 is 11.3 Å². The van der Waals surface area contributed by atoms with Crippen molar-refractivity contribution < 1.29 is 4.79 Å². The van der Waals surface area contributed by atoms with E-state index in [1.54, 1.807) is 6.20 Å². The summed E-state index contributed by atoms with van der Waals surface area (Å²) in [6.45, 7) is 0.822. The number of carbonyl (C=O) groups is 1. The van der Waals surface area contributed by atoms with Crippen LogP contribution in [0.3, 0.4) is 0 Å². The highest BCUT2D eigenvalue weighted by Gasteiger charge is 2.09. The van der Waals surface area contributed by atoms with Crippen LogP contribution < -0.4 is 10.6 Å². The number of nitrogens with zero attached hydrogens (tertiary/aromatic N) is 3. The molecule has 0 radical (unpaired) electrons. The molecule has 0 bridgehead atoms. The van der Waals surface area contributed by atoms with Gasteiger partial charge in [0, 0.05) is 12.6 Å². The number of rotatable bonds is 6. The van der Waals surface area contributed by atoms with Crippen LogP contribution in [0.15, 0.2) is 24.4 Å². The Hall–Kier alpha value is -1.86. The Labute approximate surface area is 115 Å². The number of amides is 1. The highest BCUT2D eigenvalue weighted by Crippen LogP contribution is 2.24. The molecule has 0 fully saturated rings. The summed E-state index contributed by atoms with van der Waals surface area (Å²) in [5.74, 6) is -0.0426. The third-order valence-corrected chi connectivity index (χ3v) is 3.25. The van der Waals surface area contributed by atoms with Crippen LogP contribution in [0.1, 0.15) is 12.8 Å². The first kappa shape index (κ1) is 13.6. The molecule has 19 heavy (non-hydrogen) atoms. The minimum absolute atomic E-state index is 0.0426. The van der Waals surface area contributed by atoms with Gasteiger partial charge in [0.25, 0.3) is 0 Å². The molecule has 100 valence electrons. The minimum Gasteiger partial charge on any atom is -0.320 e. The summed E-state index contributed by atoms with van der Waals surface area (Å²) in [6, 6.07) is 5.59. The van der Waals surface area contributed by atoms with Crippen LogP contribution in [-0.4, -0.2) is 34.7 Å². The highest BCUT2D eigenvalue weighted by atomic mass is 32.1. The topological polar surface area (TPSA) is 79.8 Å². The molecule has 0 unspecified atom stereocenters. The molecule has 0 spiro atoms. The van der Waals surface area contributed by atoms with Gasteiger partial charge in [-0.15, -0.1) is 10.2 Å². The van der Waals surface area contributed by atoms with Gasteiger partial charge in [-0.2, -0.15) is 0 Å². The summed E-state index contributed by atoms with van der Waals surface area (Å²) in [5, 5.41) is 14.9. The average molecular weight is 277 g/mol. The van der Waals surface area contributed by atoms with Gasteiger partial charge in [-0.3, -0.25) is 9.78 Å². The molecule has 2 rings (SSSR count). The van der Waals surface area contributed by atoms with Crippen LogP contribution in [-0.2, 0) is 4.79 Å². The molecule has 0 atom stereocenters. The Morgan fingerprint density at radius 2 is 2.26 bits per heavy atom. The zero-order chi connectivity index (χ0) is 13.5. The van der Waals surface area contributed by atoms with E-state index in [-0.39, 0.29) is 5.91 Å². The number of carbonyl (C=O) groups excluding carboxylic acids is 1. The molecule has 7 heteroatoms. The van der Waals surface area contributed by atoms with Crippen LogP contribution in [0.25, 0.3) is 10.7 Å². The molecule has 1 amide bonds. The molecule has 6 nitrogen and oxygen atoms in total. The fraction of sp³-hybridized carbons (Fsp3) is 0.333. The molecule has 0 aromatic carbocycles. The molecule has 0 aliphatic carbocycles. The number of nitrogens with one attached hydrogen (secondary N) is 2. The Morgan fingerprint density at radius 1 is 1.37 bits per heavy atom. The van der Waals surface area contributed by atoms with Crippen molar-refractivity contribution in [1.82, 2.24) is 20.5 Å². The van der Waals surface area contributed by atoms with E-state index in [0.29, 0.717) is 16.6 Å². The second kappa shape index (κ2) is 6.91. The van der Waals surface area contributed by atoms with Gasteiger partial charge < -0.3 is 10.6 Å². The van der Waals surface area contributed by atoms with Gasteiger partial charge in [0.1, 0.15) is 5.69 Å². The van der Waals surface area contributed by atoms with E-state index in [1.807, 2.05) is 25.2 Å². The fourth-order valence-corrected chi connectivity index (χ4v) is 2.21. The van der Waals surface area contributed by atoms with Gasteiger partial charge in [-0.05, 0) is 32.1 Å². The van der Waals surface area contributed by atoms with E-state index in [9.17, 15) is 4.79 Å². The summed E-state index contributed by atoms with van der Waals surface area (Å²) in [7, 11) is 1.86. The van der Waals surface area contributed by atoms with Crippen LogP contribution in [0.2, 0.25) is 0 Å². The van der Waals surface area contributed by atoms with E-state index >= 15 is 0 Å². The Balaban J connectivity index is 1.93. The highest BCUT2D eigenvalue weighted by molar-refractivity contribution is 7.18. The monoisotopic (exact) mass is 277 g/mol. The van der Waals surface area contributed by atoms with Crippen molar-refractivity contribution in [1.29, 1.82) is 0 Å². The van der Waals surface area contributed by atoms with E-state index in [2.05, 4.69) is 25.8 Å². The number of anilines is 1. The molecule has 2 aromatic rings. The van der Waals surface area contributed by atoms with Crippen LogP contribution in [0.4, 0.5) is 5.13 Å². The Bertz CT molecular complexity index is 528. The van der Waals surface area contributed by atoms with Gasteiger partial charge in [0.05, 0.1) is 0 Å². The van der Waals surface area contributed by atoms with Gasteiger partial charge in [0.2, 0.25) is 11.0 Å². The van der Waals surface area contributed by atoms with E-state index in [1.165, 1.54) is 11.3 Å². The van der Waals surface area contributed by atoms with Gasteiger partial charge in [-0.25, -0.2) is 0 Å². The maximum absolute atomic E-state index is 11.6. The van der Waals surface area contributed by atoms with Crippen molar-refractivity contribution in [2.75, 3.05) is 18.9 Å². The molecule has 2 heterocycles. The van der Waals surface area contributed by atoms with Gasteiger partial charge >= 0.3 is 0 Å². The number of aromatic nitrogens is 3. The first-order chi connectivity index (χ1) is 9.29. The van der Waals surface area contributed by atoms with Crippen molar-refractivity contribution in [3.63, 3.8) is 0 Å². The third kappa shape index (κ3) is 4.08. The predicted octanol–water partition coefficient (Wildman–Crippen LogP) is 1.54. The Morgan fingerprint density at radius 3 is 3.00 bits per heavy atom. The number of hydrogen-bond acceptors (Lipinski definition) is 6. The lowest BCUT2D eigenvalue weighted by Gasteiger charge is -2.00. The molecule has 0 saturated heterocycles. The van der Waals surface area contributed by atoms with Crippen molar-refractivity contribution >= 4 is 22.4 Å². The normalized spacial score (nSPS) is 10.4. The number of pyridine rings is 1. The Kier molecular flexibility index (Phi) is 4.93. The molecule has 0 saturated carbocycles.